The van der Waals surface area contributed by atoms with E-state index < -0.39 is 18.0 Å². The third kappa shape index (κ3) is 5.45. The number of benzene rings is 2. The number of allylic oxidation sites excluding steroid dienone is 1. The predicted octanol–water partition coefficient (Wildman–Crippen LogP) is 4.97. The second kappa shape index (κ2) is 11.5. The number of carbonyl (C=O) groups is 2. The molecule has 0 saturated heterocycles. The van der Waals surface area contributed by atoms with E-state index in [1.54, 1.807) is 54.8 Å². The van der Waals surface area contributed by atoms with Gasteiger partial charge in [-0.1, -0.05) is 61.6 Å². The van der Waals surface area contributed by atoms with Crippen LogP contribution >= 0.6 is 11.3 Å². The van der Waals surface area contributed by atoms with Crippen molar-refractivity contribution < 1.29 is 23.5 Å². The van der Waals surface area contributed by atoms with E-state index in [0.29, 0.717) is 49.2 Å². The number of hydrogen-bond donors (Lipinski definition) is 0. The molecular formula is C32H30N2O6S. The molecule has 8 nitrogen and oxygen atoms in total. The molecule has 2 aromatic heterocycles. The minimum atomic E-state index is -0.679. The first-order chi connectivity index (χ1) is 19.7. The van der Waals surface area contributed by atoms with Crippen LogP contribution in [-0.2, 0) is 14.3 Å². The molecule has 4 aromatic rings. The summed E-state index contributed by atoms with van der Waals surface area (Å²) in [6.07, 6.45) is 1.67. The summed E-state index contributed by atoms with van der Waals surface area (Å²) in [6.45, 7) is 7.95. The smallest absolute Gasteiger partial charge is 0.338 e. The van der Waals surface area contributed by atoms with E-state index in [-0.39, 0.29) is 12.2 Å². The van der Waals surface area contributed by atoms with E-state index in [4.69, 9.17) is 13.9 Å². The molecule has 0 aliphatic carbocycles. The first-order valence-corrected chi connectivity index (χ1v) is 14.1. The molecule has 0 fully saturated rings. The Morgan fingerprint density at radius 2 is 1.85 bits per heavy atom. The van der Waals surface area contributed by atoms with Crippen molar-refractivity contribution in [1.82, 2.24) is 4.57 Å². The maximum absolute atomic E-state index is 13.9. The molecule has 0 N–H and O–H groups in total. The number of furan rings is 1. The second-order valence-electron chi connectivity index (χ2n) is 9.90. The van der Waals surface area contributed by atoms with Gasteiger partial charge in [-0.3, -0.25) is 9.36 Å². The van der Waals surface area contributed by atoms with E-state index in [1.807, 2.05) is 30.3 Å². The lowest BCUT2D eigenvalue weighted by Gasteiger charge is -2.25. The lowest BCUT2D eigenvalue weighted by molar-refractivity contribution is -0.139. The molecule has 3 heterocycles. The molecule has 9 heteroatoms. The standard InChI is InChI=1S/C32H30N2O6S/c1-6-39-31(37)27-19(4)33-32-34(28(27)21-12-10-20(11-13-21)18(2)3)29(35)26(41-32)17-24-14-15-25(40-24)22-8-7-9-23(16-22)30(36)38-5/h7-18,28H,6H2,1-5H3/b26-17-/t28-/m0/s1. The van der Waals surface area contributed by atoms with Crippen LogP contribution in [0.5, 0.6) is 0 Å². The monoisotopic (exact) mass is 570 g/mol. The van der Waals surface area contributed by atoms with E-state index in [9.17, 15) is 14.4 Å². The molecule has 0 bridgehead atoms. The molecule has 0 spiro atoms. The highest BCUT2D eigenvalue weighted by Gasteiger charge is 2.33. The summed E-state index contributed by atoms with van der Waals surface area (Å²) in [5.41, 5.74) is 3.63. The summed E-state index contributed by atoms with van der Waals surface area (Å²) >= 11 is 1.23. The molecule has 0 radical (unpaired) electrons. The number of nitrogens with zero attached hydrogens (tertiary/aromatic N) is 2. The molecule has 2 aromatic carbocycles. The van der Waals surface area contributed by atoms with Gasteiger partial charge < -0.3 is 13.9 Å². The highest BCUT2D eigenvalue weighted by Crippen LogP contribution is 2.31. The van der Waals surface area contributed by atoms with Crippen molar-refractivity contribution in [2.75, 3.05) is 13.7 Å². The van der Waals surface area contributed by atoms with Crippen molar-refractivity contribution in [2.45, 2.75) is 39.7 Å². The maximum atomic E-state index is 13.9. The minimum Gasteiger partial charge on any atom is -0.465 e. The zero-order valence-electron chi connectivity index (χ0n) is 23.5. The second-order valence-corrected chi connectivity index (χ2v) is 10.9. The van der Waals surface area contributed by atoms with E-state index >= 15 is 0 Å². The summed E-state index contributed by atoms with van der Waals surface area (Å²) < 4.78 is 18.2. The van der Waals surface area contributed by atoms with Crippen LogP contribution in [0.2, 0.25) is 0 Å². The Labute approximate surface area is 240 Å². The first-order valence-electron chi connectivity index (χ1n) is 13.3. The summed E-state index contributed by atoms with van der Waals surface area (Å²) in [7, 11) is 1.33. The number of fused-ring (bicyclic) bond motifs is 1. The Morgan fingerprint density at radius 3 is 2.54 bits per heavy atom. The maximum Gasteiger partial charge on any atom is 0.338 e. The number of aromatic nitrogens is 1. The highest BCUT2D eigenvalue weighted by molar-refractivity contribution is 7.07. The Kier molecular flexibility index (Phi) is 7.90. The molecule has 0 amide bonds. The Hall–Kier alpha value is -4.50. The number of rotatable bonds is 7. The van der Waals surface area contributed by atoms with Crippen LogP contribution < -0.4 is 14.9 Å². The van der Waals surface area contributed by atoms with Crippen LogP contribution in [-0.4, -0.2) is 30.2 Å². The van der Waals surface area contributed by atoms with Crippen LogP contribution in [0.15, 0.2) is 86.1 Å². The van der Waals surface area contributed by atoms with E-state index in [2.05, 4.69) is 18.8 Å². The number of methoxy groups -OCH3 is 1. The van der Waals surface area contributed by atoms with Crippen molar-refractivity contribution in [3.05, 3.63) is 114 Å². The largest absolute Gasteiger partial charge is 0.465 e. The van der Waals surface area contributed by atoms with Gasteiger partial charge in [0.05, 0.1) is 41.1 Å². The van der Waals surface area contributed by atoms with E-state index in [0.717, 1.165) is 11.1 Å². The first kappa shape index (κ1) is 28.0. The zero-order valence-corrected chi connectivity index (χ0v) is 24.3. The Bertz CT molecular complexity index is 1840. The molecular weight excluding hydrogens is 540 g/mol. The van der Waals surface area contributed by atoms with Crippen molar-refractivity contribution in [3.63, 3.8) is 0 Å². The average molecular weight is 571 g/mol. The van der Waals surface area contributed by atoms with Crippen molar-refractivity contribution in [1.29, 1.82) is 0 Å². The lowest BCUT2D eigenvalue weighted by Crippen LogP contribution is -2.39. The quantitative estimate of drug-likeness (QED) is 0.291. The van der Waals surface area contributed by atoms with Gasteiger partial charge in [-0.15, -0.1) is 0 Å². The fourth-order valence-corrected chi connectivity index (χ4v) is 5.83. The van der Waals surface area contributed by atoms with Crippen LogP contribution in [0.1, 0.15) is 66.9 Å². The zero-order chi connectivity index (χ0) is 29.3. The molecule has 0 saturated carbocycles. The van der Waals surface area contributed by atoms with Gasteiger partial charge in [-0.2, -0.15) is 0 Å². The Morgan fingerprint density at radius 1 is 1.10 bits per heavy atom. The van der Waals surface area contributed by atoms with Gasteiger partial charge in [0.2, 0.25) is 0 Å². The average Bonchev–Trinajstić information content (AvgIpc) is 3.56. The van der Waals surface area contributed by atoms with Crippen LogP contribution in [0.4, 0.5) is 0 Å². The van der Waals surface area contributed by atoms with Gasteiger partial charge >= 0.3 is 11.9 Å². The third-order valence-corrected chi connectivity index (χ3v) is 7.89. The highest BCUT2D eigenvalue weighted by atomic mass is 32.1. The summed E-state index contributed by atoms with van der Waals surface area (Å²) in [5, 5.41) is 0. The minimum absolute atomic E-state index is 0.211. The topological polar surface area (TPSA) is 100 Å². The normalized spacial score (nSPS) is 15.1. The fraction of sp³-hybridized carbons (Fsp3) is 0.250. The van der Waals surface area contributed by atoms with Crippen molar-refractivity contribution in [2.24, 2.45) is 4.99 Å². The number of hydrogen-bond acceptors (Lipinski definition) is 8. The van der Waals surface area contributed by atoms with Gasteiger partial charge in [0.1, 0.15) is 11.5 Å². The van der Waals surface area contributed by atoms with E-state index in [1.165, 1.54) is 18.4 Å². The molecule has 0 unspecified atom stereocenters. The number of esters is 2. The lowest BCUT2D eigenvalue weighted by atomic mass is 9.93. The van der Waals surface area contributed by atoms with Crippen LogP contribution in [0, 0.1) is 0 Å². The molecule has 1 aliphatic heterocycles. The third-order valence-electron chi connectivity index (χ3n) is 6.90. The SMILES string of the molecule is CCOC(=O)C1=C(C)N=c2s/c(=C\c3ccc(-c4cccc(C(=O)OC)c4)o3)c(=O)n2[C@H]1c1ccc(C(C)C)cc1. The summed E-state index contributed by atoms with van der Waals surface area (Å²) in [5.74, 6) is 0.414. The van der Waals surface area contributed by atoms with Gasteiger partial charge in [-0.25, -0.2) is 14.6 Å². The molecule has 41 heavy (non-hydrogen) atoms. The van der Waals surface area contributed by atoms with Gasteiger partial charge in [0.15, 0.2) is 4.80 Å². The van der Waals surface area contributed by atoms with Crippen molar-refractivity contribution >= 4 is 29.4 Å². The van der Waals surface area contributed by atoms with Gasteiger partial charge in [0, 0.05) is 11.6 Å². The predicted molar refractivity (Wildman–Crippen MR) is 156 cm³/mol. The van der Waals surface area contributed by atoms with Gasteiger partial charge in [0.25, 0.3) is 5.56 Å². The summed E-state index contributed by atoms with van der Waals surface area (Å²) in [4.78, 5) is 44.0. The van der Waals surface area contributed by atoms with Gasteiger partial charge in [-0.05, 0) is 55.2 Å². The molecule has 5 rings (SSSR count). The number of carbonyl (C=O) groups excluding carboxylic acids is 2. The Balaban J connectivity index is 1.59. The number of ether oxygens (including phenoxy) is 2. The molecule has 210 valence electrons. The van der Waals surface area contributed by atoms with Crippen molar-refractivity contribution in [3.8, 4) is 11.3 Å². The van der Waals surface area contributed by atoms with Crippen LogP contribution in [0.3, 0.4) is 0 Å². The number of thiazole rings is 1. The molecule has 1 aliphatic rings. The van der Waals surface area contributed by atoms with Crippen LogP contribution in [0.25, 0.3) is 17.4 Å². The fourth-order valence-electron chi connectivity index (χ4n) is 4.80. The molecule has 1 atom stereocenters. The summed E-state index contributed by atoms with van der Waals surface area (Å²) in [6, 6.07) is 17.7.